The zero-order valence-electron chi connectivity index (χ0n) is 13.1. The van der Waals surface area contributed by atoms with Crippen molar-refractivity contribution in [1.29, 1.82) is 0 Å². The summed E-state index contributed by atoms with van der Waals surface area (Å²) in [5.41, 5.74) is 2.19. The van der Waals surface area contributed by atoms with Crippen LogP contribution in [0.25, 0.3) is 0 Å². The Balaban J connectivity index is 1.71. The van der Waals surface area contributed by atoms with Gasteiger partial charge in [-0.1, -0.05) is 29.8 Å². The lowest BCUT2D eigenvalue weighted by molar-refractivity contribution is 0.0914. The van der Waals surface area contributed by atoms with Gasteiger partial charge in [0.1, 0.15) is 5.56 Å². The fourth-order valence-corrected chi connectivity index (χ4v) is 3.25. The third-order valence-corrected chi connectivity index (χ3v) is 4.65. The molecule has 3 N–H and O–H groups in total. The molecule has 1 amide bonds. The number of fused-ring (bicyclic) bond motifs is 1. The number of halogens is 1. The standard InChI is InChI=1S/C18H19ClN2O3/c19-14-7-3-2-6-12(14)16(22)10-20-17(23)13-9-11-5-1-4-8-15(11)21-18(13)24/h2-3,6-7,9,16,22H,1,4-5,8,10H2,(H,20,23)(H,21,24). The number of aromatic amines is 1. The van der Waals surface area contributed by atoms with Crippen LogP contribution in [0.3, 0.4) is 0 Å². The summed E-state index contributed by atoms with van der Waals surface area (Å²) in [5, 5.41) is 13.2. The summed E-state index contributed by atoms with van der Waals surface area (Å²) in [6.07, 6.45) is 2.90. The van der Waals surface area contributed by atoms with Crippen molar-refractivity contribution >= 4 is 17.5 Å². The van der Waals surface area contributed by atoms with E-state index in [9.17, 15) is 14.7 Å². The fourth-order valence-electron chi connectivity index (χ4n) is 2.98. The molecule has 0 radical (unpaired) electrons. The van der Waals surface area contributed by atoms with Gasteiger partial charge in [0, 0.05) is 22.8 Å². The first-order chi connectivity index (χ1) is 11.6. The van der Waals surface area contributed by atoms with E-state index in [-0.39, 0.29) is 17.7 Å². The summed E-state index contributed by atoms with van der Waals surface area (Å²) >= 11 is 6.03. The number of amides is 1. The molecule has 1 heterocycles. The van der Waals surface area contributed by atoms with Crippen LogP contribution in [0.1, 0.15) is 46.1 Å². The van der Waals surface area contributed by atoms with Crippen LogP contribution >= 0.6 is 11.6 Å². The van der Waals surface area contributed by atoms with Crippen LogP contribution in [0.15, 0.2) is 35.1 Å². The Labute approximate surface area is 144 Å². The van der Waals surface area contributed by atoms with Gasteiger partial charge in [-0.2, -0.15) is 0 Å². The third kappa shape index (κ3) is 3.52. The Morgan fingerprint density at radius 3 is 2.83 bits per heavy atom. The number of benzene rings is 1. The van der Waals surface area contributed by atoms with Crippen LogP contribution in [0, 0.1) is 0 Å². The monoisotopic (exact) mass is 346 g/mol. The van der Waals surface area contributed by atoms with E-state index < -0.39 is 12.0 Å². The number of nitrogens with one attached hydrogen (secondary N) is 2. The number of hydrogen-bond acceptors (Lipinski definition) is 3. The summed E-state index contributed by atoms with van der Waals surface area (Å²) < 4.78 is 0. The zero-order valence-corrected chi connectivity index (χ0v) is 13.9. The maximum atomic E-state index is 12.3. The number of aromatic nitrogens is 1. The van der Waals surface area contributed by atoms with Crippen LogP contribution in [0.4, 0.5) is 0 Å². The first kappa shape index (κ1) is 16.7. The van der Waals surface area contributed by atoms with Gasteiger partial charge in [-0.15, -0.1) is 0 Å². The molecule has 3 rings (SSSR count). The number of H-pyrrole nitrogens is 1. The molecule has 1 aliphatic rings. The van der Waals surface area contributed by atoms with Crippen molar-refractivity contribution in [1.82, 2.24) is 10.3 Å². The molecule has 1 unspecified atom stereocenters. The minimum atomic E-state index is -0.931. The van der Waals surface area contributed by atoms with E-state index in [1.807, 2.05) is 0 Å². The average Bonchev–Trinajstić information content (AvgIpc) is 2.59. The van der Waals surface area contributed by atoms with E-state index in [4.69, 9.17) is 11.6 Å². The molecule has 0 spiro atoms. The van der Waals surface area contributed by atoms with Crippen LogP contribution in [-0.4, -0.2) is 22.5 Å². The summed E-state index contributed by atoms with van der Waals surface area (Å²) in [6, 6.07) is 8.58. The Bertz CT molecular complexity index is 816. The number of pyridine rings is 1. The maximum absolute atomic E-state index is 12.3. The zero-order chi connectivity index (χ0) is 17.1. The minimum absolute atomic E-state index is 0.0148. The van der Waals surface area contributed by atoms with Crippen LogP contribution < -0.4 is 10.9 Å². The van der Waals surface area contributed by atoms with Gasteiger partial charge in [-0.25, -0.2) is 0 Å². The third-order valence-electron chi connectivity index (χ3n) is 4.30. The van der Waals surface area contributed by atoms with E-state index in [2.05, 4.69) is 10.3 Å². The van der Waals surface area contributed by atoms with Gasteiger partial charge >= 0.3 is 0 Å². The predicted octanol–water partition coefficient (Wildman–Crippen LogP) is 2.37. The molecule has 0 bridgehead atoms. The number of aryl methyl sites for hydroxylation is 2. The maximum Gasteiger partial charge on any atom is 0.261 e. The van der Waals surface area contributed by atoms with Crippen molar-refractivity contribution < 1.29 is 9.90 Å². The van der Waals surface area contributed by atoms with Crippen molar-refractivity contribution in [2.24, 2.45) is 0 Å². The average molecular weight is 347 g/mol. The second-order valence-corrected chi connectivity index (χ2v) is 6.38. The van der Waals surface area contributed by atoms with Crippen LogP contribution in [0.5, 0.6) is 0 Å². The van der Waals surface area contributed by atoms with E-state index in [1.54, 1.807) is 30.3 Å². The largest absolute Gasteiger partial charge is 0.387 e. The molecular formula is C18H19ClN2O3. The van der Waals surface area contributed by atoms with Crippen molar-refractivity contribution in [2.45, 2.75) is 31.8 Å². The molecule has 1 atom stereocenters. The summed E-state index contributed by atoms with van der Waals surface area (Å²) in [4.78, 5) is 27.2. The van der Waals surface area contributed by atoms with Gasteiger partial charge in [0.25, 0.3) is 11.5 Å². The highest BCUT2D eigenvalue weighted by Crippen LogP contribution is 2.22. The number of rotatable bonds is 4. The van der Waals surface area contributed by atoms with Crippen molar-refractivity contribution in [3.05, 3.63) is 68.1 Å². The number of aliphatic hydroxyl groups excluding tert-OH is 1. The quantitative estimate of drug-likeness (QED) is 0.794. The Kier molecular flexibility index (Phi) is 5.02. The summed E-state index contributed by atoms with van der Waals surface area (Å²) in [5.74, 6) is -0.490. The molecule has 126 valence electrons. The normalized spacial score (nSPS) is 14.8. The van der Waals surface area contributed by atoms with Crippen LogP contribution in [0.2, 0.25) is 5.02 Å². The molecule has 6 heteroatoms. The van der Waals surface area contributed by atoms with Crippen molar-refractivity contribution in [2.75, 3.05) is 6.54 Å². The number of aliphatic hydroxyl groups is 1. The molecule has 0 aliphatic heterocycles. The van der Waals surface area contributed by atoms with Gasteiger partial charge in [-0.05, 0) is 43.4 Å². The lowest BCUT2D eigenvalue weighted by Gasteiger charge is -2.17. The van der Waals surface area contributed by atoms with E-state index in [1.165, 1.54) is 0 Å². The molecule has 1 aromatic heterocycles. The highest BCUT2D eigenvalue weighted by Gasteiger charge is 2.18. The lowest BCUT2D eigenvalue weighted by atomic mass is 9.95. The second kappa shape index (κ2) is 7.20. The first-order valence-corrected chi connectivity index (χ1v) is 8.40. The summed E-state index contributed by atoms with van der Waals surface area (Å²) in [7, 11) is 0. The second-order valence-electron chi connectivity index (χ2n) is 5.97. The lowest BCUT2D eigenvalue weighted by Crippen LogP contribution is -2.33. The van der Waals surface area contributed by atoms with Gasteiger partial charge in [0.15, 0.2) is 0 Å². The Hall–Kier alpha value is -2.11. The Morgan fingerprint density at radius 1 is 1.29 bits per heavy atom. The molecule has 1 aromatic carbocycles. The molecule has 2 aromatic rings. The molecular weight excluding hydrogens is 328 g/mol. The van der Waals surface area contributed by atoms with Gasteiger partial charge in [0.2, 0.25) is 0 Å². The number of carbonyl (C=O) groups excluding carboxylic acids is 1. The molecule has 24 heavy (non-hydrogen) atoms. The fraction of sp³-hybridized carbons (Fsp3) is 0.333. The summed E-state index contributed by atoms with van der Waals surface area (Å²) in [6.45, 7) is -0.0148. The predicted molar refractivity (Wildman–Crippen MR) is 92.4 cm³/mol. The highest BCUT2D eigenvalue weighted by molar-refractivity contribution is 6.31. The van der Waals surface area contributed by atoms with Gasteiger partial charge < -0.3 is 15.4 Å². The smallest absolute Gasteiger partial charge is 0.261 e. The minimum Gasteiger partial charge on any atom is -0.387 e. The van der Waals surface area contributed by atoms with E-state index >= 15 is 0 Å². The molecule has 0 fully saturated rings. The van der Waals surface area contributed by atoms with Crippen LogP contribution in [-0.2, 0) is 12.8 Å². The molecule has 0 saturated heterocycles. The first-order valence-electron chi connectivity index (χ1n) is 8.02. The highest BCUT2D eigenvalue weighted by atomic mass is 35.5. The van der Waals surface area contributed by atoms with Gasteiger partial charge in [-0.3, -0.25) is 9.59 Å². The Morgan fingerprint density at radius 2 is 2.04 bits per heavy atom. The molecule has 1 aliphatic carbocycles. The topological polar surface area (TPSA) is 82.2 Å². The van der Waals surface area contributed by atoms with E-state index in [0.29, 0.717) is 10.6 Å². The van der Waals surface area contributed by atoms with Gasteiger partial charge in [0.05, 0.1) is 6.10 Å². The van der Waals surface area contributed by atoms with Crippen molar-refractivity contribution in [3.63, 3.8) is 0 Å². The molecule has 5 nitrogen and oxygen atoms in total. The van der Waals surface area contributed by atoms with Crippen molar-refractivity contribution in [3.8, 4) is 0 Å². The SMILES string of the molecule is O=C(NCC(O)c1ccccc1Cl)c1cc2c([nH]c1=O)CCCC2. The van der Waals surface area contributed by atoms with E-state index in [0.717, 1.165) is 36.9 Å². The molecule has 0 saturated carbocycles. The number of hydrogen-bond donors (Lipinski definition) is 3. The number of carbonyl (C=O) groups is 1.